The van der Waals surface area contributed by atoms with Gasteiger partial charge in [0.1, 0.15) is 0 Å². The summed E-state index contributed by atoms with van der Waals surface area (Å²) in [6.07, 6.45) is 0. The number of benzene rings is 7. The molecule has 2 aliphatic rings. The monoisotopic (exact) mass is 614 g/mol. The Kier molecular flexibility index (Phi) is 6.98. The highest BCUT2D eigenvalue weighted by atomic mass is 15.3. The molecule has 0 bridgehead atoms. The third kappa shape index (κ3) is 4.65. The van der Waals surface area contributed by atoms with Gasteiger partial charge in [-0.15, -0.1) is 0 Å². The van der Waals surface area contributed by atoms with E-state index >= 15 is 0 Å². The summed E-state index contributed by atoms with van der Waals surface area (Å²) in [5, 5.41) is 0. The minimum Gasteiger partial charge on any atom is -0.360 e. The van der Waals surface area contributed by atoms with Crippen molar-refractivity contribution in [2.75, 3.05) is 19.2 Å². The van der Waals surface area contributed by atoms with Crippen LogP contribution in [0.4, 0.5) is 45.5 Å². The van der Waals surface area contributed by atoms with E-state index in [4.69, 9.17) is 0 Å². The van der Waals surface area contributed by atoms with E-state index in [2.05, 4.69) is 213 Å². The van der Waals surface area contributed by atoms with Crippen LogP contribution in [-0.4, -0.2) is 14.0 Å². The first-order valence-electron chi connectivity index (χ1n) is 16.5. The summed E-state index contributed by atoms with van der Waals surface area (Å²) in [6, 6.07) is 69.8. The normalized spacial score (nSPS) is 13.6. The molecule has 48 heavy (non-hydrogen) atoms. The van der Waals surface area contributed by atoms with Crippen molar-refractivity contribution in [1.29, 1.82) is 0 Å². The molecule has 0 N–H and O–H groups in total. The SMILES string of the molecule is c1ccc(N2B(c3ccc(B4N(c5ccccc5)c5ccccc5N4c4ccccc4)cc3)N(c3ccccc3)c3ccccc32)cc1. The summed E-state index contributed by atoms with van der Waals surface area (Å²) in [5.41, 5.74) is 11.9. The Morgan fingerprint density at radius 1 is 0.229 bits per heavy atom. The second-order valence-corrected chi connectivity index (χ2v) is 12.2. The molecule has 7 aromatic rings. The lowest BCUT2D eigenvalue weighted by Gasteiger charge is -2.32. The fraction of sp³-hybridized carbons (Fsp3) is 0. The number of para-hydroxylation sites is 8. The summed E-state index contributed by atoms with van der Waals surface area (Å²) in [5.74, 6) is 0. The second kappa shape index (κ2) is 11.9. The lowest BCUT2D eigenvalue weighted by molar-refractivity contribution is 1.39. The molecule has 226 valence electrons. The molecule has 0 fully saturated rings. The molecule has 6 heteroatoms. The van der Waals surface area contributed by atoms with Gasteiger partial charge in [-0.1, -0.05) is 121 Å². The Morgan fingerprint density at radius 2 is 0.438 bits per heavy atom. The van der Waals surface area contributed by atoms with E-state index < -0.39 is 0 Å². The molecule has 0 amide bonds. The van der Waals surface area contributed by atoms with Gasteiger partial charge in [-0.3, -0.25) is 0 Å². The van der Waals surface area contributed by atoms with Gasteiger partial charge >= 0.3 is 14.0 Å². The third-order valence-electron chi connectivity index (χ3n) is 9.45. The predicted octanol–water partition coefficient (Wildman–Crippen LogP) is 9.06. The van der Waals surface area contributed by atoms with E-state index in [0.29, 0.717) is 0 Å². The van der Waals surface area contributed by atoms with Crippen LogP contribution in [0.5, 0.6) is 0 Å². The van der Waals surface area contributed by atoms with Crippen LogP contribution >= 0.6 is 0 Å². The van der Waals surface area contributed by atoms with E-state index in [9.17, 15) is 0 Å². The van der Waals surface area contributed by atoms with Crippen molar-refractivity contribution in [3.63, 3.8) is 0 Å². The lowest BCUT2D eigenvalue weighted by atomic mass is 9.60. The van der Waals surface area contributed by atoms with Gasteiger partial charge in [-0.05, 0) is 83.7 Å². The zero-order valence-electron chi connectivity index (χ0n) is 26.4. The summed E-state index contributed by atoms with van der Waals surface area (Å²) < 4.78 is 0. The van der Waals surface area contributed by atoms with Crippen molar-refractivity contribution in [1.82, 2.24) is 0 Å². The topological polar surface area (TPSA) is 13.0 Å². The molecule has 0 spiro atoms. The van der Waals surface area contributed by atoms with Gasteiger partial charge in [-0.2, -0.15) is 0 Å². The molecule has 0 aromatic heterocycles. The van der Waals surface area contributed by atoms with Crippen molar-refractivity contribution >= 4 is 70.4 Å². The van der Waals surface area contributed by atoms with Crippen LogP contribution in [-0.2, 0) is 0 Å². The van der Waals surface area contributed by atoms with Crippen LogP contribution in [0.2, 0.25) is 0 Å². The highest BCUT2D eigenvalue weighted by molar-refractivity contribution is 6.86. The van der Waals surface area contributed by atoms with Crippen LogP contribution in [0.1, 0.15) is 0 Å². The fourth-order valence-electron chi connectivity index (χ4n) is 7.41. The number of fused-ring (bicyclic) bond motifs is 2. The Hall–Kier alpha value is -6.13. The summed E-state index contributed by atoms with van der Waals surface area (Å²) >= 11 is 0. The molecule has 0 saturated heterocycles. The van der Waals surface area contributed by atoms with Crippen LogP contribution in [0.3, 0.4) is 0 Å². The Morgan fingerprint density at radius 3 is 0.667 bits per heavy atom. The molecule has 0 unspecified atom stereocenters. The van der Waals surface area contributed by atoms with E-state index in [1.54, 1.807) is 0 Å². The number of anilines is 8. The number of rotatable bonds is 6. The van der Waals surface area contributed by atoms with E-state index in [-0.39, 0.29) is 14.0 Å². The quantitative estimate of drug-likeness (QED) is 0.173. The molecule has 2 aliphatic heterocycles. The molecule has 7 aromatic carbocycles. The zero-order chi connectivity index (χ0) is 31.9. The van der Waals surface area contributed by atoms with Gasteiger partial charge < -0.3 is 19.2 Å². The van der Waals surface area contributed by atoms with Gasteiger partial charge in [0.05, 0.1) is 22.7 Å². The number of hydrogen-bond donors (Lipinski definition) is 0. The van der Waals surface area contributed by atoms with Crippen LogP contribution in [0, 0.1) is 0 Å². The maximum absolute atomic E-state index is 2.47. The molecule has 0 aliphatic carbocycles. The van der Waals surface area contributed by atoms with Crippen molar-refractivity contribution in [3.05, 3.63) is 194 Å². The van der Waals surface area contributed by atoms with Gasteiger partial charge in [0, 0.05) is 22.7 Å². The van der Waals surface area contributed by atoms with Crippen molar-refractivity contribution in [2.24, 2.45) is 0 Å². The predicted molar refractivity (Wildman–Crippen MR) is 204 cm³/mol. The Balaban J connectivity index is 1.19. The van der Waals surface area contributed by atoms with Crippen molar-refractivity contribution in [2.45, 2.75) is 0 Å². The second-order valence-electron chi connectivity index (χ2n) is 12.2. The number of hydrogen-bond acceptors (Lipinski definition) is 4. The Bertz CT molecular complexity index is 1870. The van der Waals surface area contributed by atoms with E-state index in [1.165, 1.54) is 33.7 Å². The van der Waals surface area contributed by atoms with Crippen LogP contribution in [0.15, 0.2) is 194 Å². The average molecular weight is 614 g/mol. The highest BCUT2D eigenvalue weighted by Crippen LogP contribution is 2.47. The first-order chi connectivity index (χ1) is 23.9. The molecule has 0 saturated carbocycles. The maximum Gasteiger partial charge on any atom is 0.420 e. The van der Waals surface area contributed by atoms with Crippen molar-refractivity contribution < 1.29 is 0 Å². The zero-order valence-corrected chi connectivity index (χ0v) is 26.4. The van der Waals surface area contributed by atoms with Gasteiger partial charge in [0.2, 0.25) is 0 Å². The minimum atomic E-state index is -0.0718. The van der Waals surface area contributed by atoms with Crippen molar-refractivity contribution in [3.8, 4) is 0 Å². The average Bonchev–Trinajstić information content (AvgIpc) is 3.70. The smallest absolute Gasteiger partial charge is 0.360 e. The molecular formula is C42H32B2N4. The first-order valence-corrected chi connectivity index (χ1v) is 16.5. The third-order valence-corrected chi connectivity index (χ3v) is 9.45. The largest absolute Gasteiger partial charge is 0.420 e. The number of nitrogens with zero attached hydrogens (tertiary/aromatic N) is 4. The molecule has 0 atom stereocenters. The van der Waals surface area contributed by atoms with Crippen LogP contribution < -0.4 is 30.2 Å². The van der Waals surface area contributed by atoms with Gasteiger partial charge in [0.15, 0.2) is 0 Å². The minimum absolute atomic E-state index is 0.0718. The molecule has 2 heterocycles. The Labute approximate surface area is 283 Å². The summed E-state index contributed by atoms with van der Waals surface area (Å²) in [4.78, 5) is 9.87. The van der Waals surface area contributed by atoms with E-state index in [1.807, 2.05) is 0 Å². The standard InChI is InChI=1S/C42H32B2N4/c1-5-17-35(18-6-1)45-39-25-13-14-26-40(39)46(36-19-7-2-8-20-36)43(45)33-29-31-34(32-30-33)44-47(37-21-9-3-10-22-37)41-27-15-16-28-42(41)48(44)38-23-11-4-12-24-38/h1-32H. The first kappa shape index (κ1) is 28.1. The van der Waals surface area contributed by atoms with Gasteiger partial charge in [-0.25, -0.2) is 0 Å². The van der Waals surface area contributed by atoms with Gasteiger partial charge in [0.25, 0.3) is 0 Å². The van der Waals surface area contributed by atoms with E-state index in [0.717, 1.165) is 22.7 Å². The molecule has 9 rings (SSSR count). The highest BCUT2D eigenvalue weighted by Gasteiger charge is 2.45. The maximum atomic E-state index is 2.47. The molecule has 0 radical (unpaired) electrons. The summed E-state index contributed by atoms with van der Waals surface area (Å²) in [7, 11) is 0. The fourth-order valence-corrected chi connectivity index (χ4v) is 7.41. The molecular weight excluding hydrogens is 582 g/mol. The summed E-state index contributed by atoms with van der Waals surface area (Å²) in [6.45, 7) is -0.144. The lowest BCUT2D eigenvalue weighted by Crippen LogP contribution is -2.55. The van der Waals surface area contributed by atoms with Crippen LogP contribution in [0.25, 0.3) is 0 Å². The molecule has 4 nitrogen and oxygen atoms in total.